The van der Waals surface area contributed by atoms with Gasteiger partial charge in [-0.2, -0.15) is 5.10 Å². The largest absolute Gasteiger partial charge is 0.391 e. The molecule has 0 aliphatic heterocycles. The molecule has 1 heterocycles. The van der Waals surface area contributed by atoms with Crippen molar-refractivity contribution in [2.45, 2.75) is 52.2 Å². The van der Waals surface area contributed by atoms with Crippen LogP contribution >= 0.6 is 15.9 Å². The monoisotopic (exact) mass is 357 g/mol. The summed E-state index contributed by atoms with van der Waals surface area (Å²) in [6, 6.07) is 0. The van der Waals surface area contributed by atoms with Gasteiger partial charge in [-0.15, -0.1) is 0 Å². The van der Waals surface area contributed by atoms with Gasteiger partial charge in [-0.1, -0.05) is 20.3 Å². The van der Waals surface area contributed by atoms with Crippen LogP contribution in [0, 0.1) is 11.8 Å². The molecule has 2 rings (SSSR count). The SMILES string of the molecule is CC(C)CC(O)CNc1c(Br)cnn(CC2CCC2)c1=O. The summed E-state index contributed by atoms with van der Waals surface area (Å²) in [5.74, 6) is 1.01. The van der Waals surface area contributed by atoms with Gasteiger partial charge in [0.05, 0.1) is 16.8 Å². The van der Waals surface area contributed by atoms with Crippen molar-refractivity contribution in [2.24, 2.45) is 11.8 Å². The zero-order valence-electron chi connectivity index (χ0n) is 12.7. The van der Waals surface area contributed by atoms with E-state index in [9.17, 15) is 9.90 Å². The molecule has 0 aromatic carbocycles. The van der Waals surface area contributed by atoms with Crippen LogP contribution in [0.25, 0.3) is 0 Å². The molecule has 21 heavy (non-hydrogen) atoms. The Balaban J connectivity index is 2.03. The molecule has 0 bridgehead atoms. The van der Waals surface area contributed by atoms with Crippen molar-refractivity contribution in [1.29, 1.82) is 0 Å². The smallest absolute Gasteiger partial charge is 0.291 e. The highest BCUT2D eigenvalue weighted by atomic mass is 79.9. The van der Waals surface area contributed by atoms with Crippen molar-refractivity contribution in [2.75, 3.05) is 11.9 Å². The summed E-state index contributed by atoms with van der Waals surface area (Å²) in [5.41, 5.74) is 0.375. The van der Waals surface area contributed by atoms with Crippen molar-refractivity contribution in [3.63, 3.8) is 0 Å². The highest BCUT2D eigenvalue weighted by Crippen LogP contribution is 2.27. The third-order valence-corrected chi connectivity index (χ3v) is 4.51. The number of halogens is 1. The minimum atomic E-state index is -0.454. The third-order valence-electron chi connectivity index (χ3n) is 3.91. The van der Waals surface area contributed by atoms with Crippen LogP contribution in [0.3, 0.4) is 0 Å². The Hall–Kier alpha value is -0.880. The second-order valence-corrected chi connectivity index (χ2v) is 7.17. The van der Waals surface area contributed by atoms with Crippen LogP contribution in [0.1, 0.15) is 39.5 Å². The number of nitrogens with zero attached hydrogens (tertiary/aromatic N) is 2. The second-order valence-electron chi connectivity index (χ2n) is 6.32. The van der Waals surface area contributed by atoms with Crippen LogP contribution in [-0.2, 0) is 6.54 Å². The molecular weight excluding hydrogens is 334 g/mol. The number of hydrogen-bond acceptors (Lipinski definition) is 4. The van der Waals surface area contributed by atoms with Crippen molar-refractivity contribution in [3.8, 4) is 0 Å². The fourth-order valence-corrected chi connectivity index (χ4v) is 2.93. The Morgan fingerprint density at radius 1 is 1.52 bits per heavy atom. The third kappa shape index (κ3) is 4.54. The lowest BCUT2D eigenvalue weighted by Crippen LogP contribution is -2.32. The Morgan fingerprint density at radius 3 is 2.81 bits per heavy atom. The standard InChI is InChI=1S/C15H24BrN3O2/c1-10(2)6-12(20)7-17-14-13(16)8-18-19(15(14)21)9-11-4-3-5-11/h8,10-12,17,20H,3-7,9H2,1-2H3. The number of rotatable bonds is 7. The van der Waals surface area contributed by atoms with E-state index < -0.39 is 6.10 Å². The van der Waals surface area contributed by atoms with Crippen LogP contribution in [0.4, 0.5) is 5.69 Å². The molecule has 0 saturated heterocycles. The highest BCUT2D eigenvalue weighted by Gasteiger charge is 2.20. The average molecular weight is 358 g/mol. The van der Waals surface area contributed by atoms with Gasteiger partial charge in [0.1, 0.15) is 5.69 Å². The quantitative estimate of drug-likeness (QED) is 0.786. The molecule has 1 aliphatic carbocycles. The maximum absolute atomic E-state index is 12.4. The highest BCUT2D eigenvalue weighted by molar-refractivity contribution is 9.10. The lowest BCUT2D eigenvalue weighted by molar-refractivity contribution is 0.161. The Bertz CT molecular complexity index is 526. The molecule has 0 radical (unpaired) electrons. The number of aliphatic hydroxyl groups excluding tert-OH is 1. The predicted octanol–water partition coefficient (Wildman–Crippen LogP) is 2.62. The molecule has 118 valence electrons. The van der Waals surface area contributed by atoms with Crippen LogP contribution in [0.2, 0.25) is 0 Å². The molecule has 0 amide bonds. The number of anilines is 1. The zero-order chi connectivity index (χ0) is 15.4. The first-order chi connectivity index (χ1) is 9.97. The van der Waals surface area contributed by atoms with Crippen LogP contribution in [-0.4, -0.2) is 27.5 Å². The van der Waals surface area contributed by atoms with Crippen molar-refractivity contribution >= 4 is 21.6 Å². The minimum absolute atomic E-state index is 0.118. The van der Waals surface area contributed by atoms with Crippen molar-refractivity contribution in [3.05, 3.63) is 21.0 Å². The van der Waals surface area contributed by atoms with Gasteiger partial charge in [-0.05, 0) is 47.0 Å². The number of hydrogen-bond donors (Lipinski definition) is 2. The summed E-state index contributed by atoms with van der Waals surface area (Å²) < 4.78 is 2.18. The van der Waals surface area contributed by atoms with E-state index >= 15 is 0 Å². The van der Waals surface area contributed by atoms with E-state index in [1.54, 1.807) is 6.20 Å². The fraction of sp³-hybridized carbons (Fsp3) is 0.733. The van der Waals surface area contributed by atoms with Crippen molar-refractivity contribution in [1.82, 2.24) is 9.78 Å². The molecule has 6 heteroatoms. The first-order valence-electron chi connectivity index (χ1n) is 7.65. The van der Waals surface area contributed by atoms with E-state index in [2.05, 4.69) is 40.2 Å². The van der Waals surface area contributed by atoms with E-state index in [1.165, 1.54) is 23.9 Å². The van der Waals surface area contributed by atoms with E-state index in [4.69, 9.17) is 0 Å². The maximum Gasteiger partial charge on any atom is 0.291 e. The Labute approximate surface area is 133 Å². The minimum Gasteiger partial charge on any atom is -0.391 e. The first-order valence-corrected chi connectivity index (χ1v) is 8.44. The van der Waals surface area contributed by atoms with Crippen LogP contribution in [0.5, 0.6) is 0 Å². The van der Waals surface area contributed by atoms with Gasteiger partial charge in [0.25, 0.3) is 5.56 Å². The normalized spacial score (nSPS) is 16.8. The molecule has 1 unspecified atom stereocenters. The number of aromatic nitrogens is 2. The average Bonchev–Trinajstić information content (AvgIpc) is 2.34. The summed E-state index contributed by atoms with van der Waals surface area (Å²) in [6.45, 7) is 5.20. The fourth-order valence-electron chi connectivity index (χ4n) is 2.53. The number of aliphatic hydroxyl groups is 1. The molecule has 1 atom stereocenters. The number of nitrogens with one attached hydrogen (secondary N) is 1. The van der Waals surface area contributed by atoms with Gasteiger partial charge >= 0.3 is 0 Å². The molecule has 1 aliphatic rings. The van der Waals surface area contributed by atoms with Gasteiger partial charge in [0, 0.05) is 13.1 Å². The van der Waals surface area contributed by atoms with Crippen LogP contribution in [0.15, 0.2) is 15.5 Å². The maximum atomic E-state index is 12.4. The lowest BCUT2D eigenvalue weighted by atomic mass is 9.85. The van der Waals surface area contributed by atoms with E-state index in [0.717, 1.165) is 0 Å². The van der Waals surface area contributed by atoms with Gasteiger partial charge < -0.3 is 10.4 Å². The summed E-state index contributed by atoms with van der Waals surface area (Å²) in [6.07, 6.45) is 5.52. The topological polar surface area (TPSA) is 67.2 Å². The van der Waals surface area contributed by atoms with Crippen LogP contribution < -0.4 is 10.9 Å². The molecular formula is C15H24BrN3O2. The molecule has 5 nitrogen and oxygen atoms in total. The molecule has 1 fully saturated rings. The van der Waals surface area contributed by atoms with E-state index in [1.807, 2.05) is 0 Å². The van der Waals surface area contributed by atoms with Gasteiger partial charge in [-0.25, -0.2) is 4.68 Å². The molecule has 2 N–H and O–H groups in total. The summed E-state index contributed by atoms with van der Waals surface area (Å²) in [4.78, 5) is 12.4. The summed E-state index contributed by atoms with van der Waals surface area (Å²) in [7, 11) is 0. The molecule has 1 saturated carbocycles. The molecule has 1 aromatic heterocycles. The van der Waals surface area contributed by atoms with Crippen molar-refractivity contribution < 1.29 is 5.11 Å². The predicted molar refractivity (Wildman–Crippen MR) is 87.5 cm³/mol. The first kappa shape index (κ1) is 16.5. The second kappa shape index (κ2) is 7.40. The summed E-state index contributed by atoms with van der Waals surface area (Å²) in [5, 5.41) is 17.2. The van der Waals surface area contributed by atoms with E-state index in [-0.39, 0.29) is 5.56 Å². The Morgan fingerprint density at radius 2 is 2.24 bits per heavy atom. The van der Waals surface area contributed by atoms with Gasteiger partial charge in [-0.3, -0.25) is 4.79 Å². The molecule has 0 spiro atoms. The lowest BCUT2D eigenvalue weighted by Gasteiger charge is -2.25. The summed E-state index contributed by atoms with van der Waals surface area (Å²) >= 11 is 3.36. The van der Waals surface area contributed by atoms with Gasteiger partial charge in [0.2, 0.25) is 0 Å². The Kier molecular flexibility index (Phi) is 5.81. The zero-order valence-corrected chi connectivity index (χ0v) is 14.3. The van der Waals surface area contributed by atoms with E-state index in [0.29, 0.717) is 41.5 Å². The van der Waals surface area contributed by atoms with Gasteiger partial charge in [0.15, 0.2) is 0 Å². The molecule has 1 aromatic rings.